The van der Waals surface area contributed by atoms with Gasteiger partial charge < -0.3 is 5.32 Å². The molecule has 0 spiro atoms. The molecule has 0 fully saturated rings. The van der Waals surface area contributed by atoms with E-state index in [0.29, 0.717) is 5.92 Å². The summed E-state index contributed by atoms with van der Waals surface area (Å²) in [4.78, 5) is 0. The van der Waals surface area contributed by atoms with Crippen LogP contribution in [0.4, 0.5) is 5.69 Å². The van der Waals surface area contributed by atoms with Crippen LogP contribution in [0.15, 0.2) is 34.8 Å². The molecule has 17 heavy (non-hydrogen) atoms. The third kappa shape index (κ3) is 2.19. The average molecular weight is 292 g/mol. The molecule has 0 saturated carbocycles. The van der Waals surface area contributed by atoms with Gasteiger partial charge >= 0.3 is 0 Å². The van der Waals surface area contributed by atoms with Crippen molar-refractivity contribution in [2.24, 2.45) is 0 Å². The second-order valence-electron chi connectivity index (χ2n) is 4.42. The molecule has 0 amide bonds. The third-order valence-electron chi connectivity index (χ3n) is 3.42. The Bertz CT molecular complexity index is 534. The van der Waals surface area contributed by atoms with Crippen molar-refractivity contribution in [2.45, 2.75) is 26.2 Å². The number of rotatable bonds is 3. The van der Waals surface area contributed by atoms with Crippen LogP contribution in [0.3, 0.4) is 0 Å². The first-order chi connectivity index (χ1) is 8.19. The molecule has 1 N–H and O–H groups in total. The maximum atomic E-state index is 3.63. The SMILES string of the molecule is CCC(C)c1c(NC)ccc2c(Br)cccc12. The Labute approximate surface area is 111 Å². The summed E-state index contributed by atoms with van der Waals surface area (Å²) in [6, 6.07) is 10.8. The molecule has 1 nitrogen and oxygen atoms in total. The Morgan fingerprint density at radius 2 is 1.94 bits per heavy atom. The highest BCUT2D eigenvalue weighted by Gasteiger charge is 2.13. The lowest BCUT2D eigenvalue weighted by molar-refractivity contribution is 0.741. The van der Waals surface area contributed by atoms with Gasteiger partial charge in [-0.05, 0) is 40.8 Å². The Balaban J connectivity index is 2.79. The lowest BCUT2D eigenvalue weighted by Crippen LogP contribution is -2.00. The van der Waals surface area contributed by atoms with Gasteiger partial charge in [-0.15, -0.1) is 0 Å². The quantitative estimate of drug-likeness (QED) is 0.824. The number of hydrogen-bond donors (Lipinski definition) is 1. The number of hydrogen-bond acceptors (Lipinski definition) is 1. The summed E-state index contributed by atoms with van der Waals surface area (Å²) >= 11 is 3.63. The maximum Gasteiger partial charge on any atom is 0.0379 e. The monoisotopic (exact) mass is 291 g/mol. The molecule has 90 valence electrons. The summed E-state index contributed by atoms with van der Waals surface area (Å²) < 4.78 is 1.17. The van der Waals surface area contributed by atoms with Crippen LogP contribution in [0.25, 0.3) is 10.8 Å². The van der Waals surface area contributed by atoms with Gasteiger partial charge in [-0.3, -0.25) is 0 Å². The first-order valence-electron chi connectivity index (χ1n) is 6.08. The van der Waals surface area contributed by atoms with Crippen molar-refractivity contribution >= 4 is 32.4 Å². The molecule has 2 aromatic carbocycles. The molecule has 0 aliphatic rings. The molecule has 0 aromatic heterocycles. The largest absolute Gasteiger partial charge is 0.388 e. The second kappa shape index (κ2) is 5.09. The zero-order valence-corrected chi connectivity index (χ0v) is 12.1. The molecular weight excluding hydrogens is 274 g/mol. The molecule has 1 atom stereocenters. The summed E-state index contributed by atoms with van der Waals surface area (Å²) in [5, 5.41) is 5.95. The van der Waals surface area contributed by atoms with Crippen molar-refractivity contribution < 1.29 is 0 Å². The zero-order chi connectivity index (χ0) is 12.4. The third-order valence-corrected chi connectivity index (χ3v) is 4.12. The summed E-state index contributed by atoms with van der Waals surface area (Å²) in [6.45, 7) is 4.53. The summed E-state index contributed by atoms with van der Waals surface area (Å²) in [5.74, 6) is 0.565. The molecule has 2 aromatic rings. The molecule has 0 radical (unpaired) electrons. The molecule has 0 aliphatic carbocycles. The fraction of sp³-hybridized carbons (Fsp3) is 0.333. The molecule has 2 heteroatoms. The standard InChI is InChI=1S/C15H18BrN/c1-4-10(2)15-12-6-5-7-13(16)11(12)8-9-14(15)17-3/h5-10,17H,4H2,1-3H3. The number of halogens is 1. The van der Waals surface area contributed by atoms with Crippen LogP contribution < -0.4 is 5.32 Å². The van der Waals surface area contributed by atoms with Gasteiger partial charge in [0.25, 0.3) is 0 Å². The van der Waals surface area contributed by atoms with Gasteiger partial charge in [-0.2, -0.15) is 0 Å². The molecule has 0 heterocycles. The fourth-order valence-electron chi connectivity index (χ4n) is 2.30. The van der Waals surface area contributed by atoms with Crippen LogP contribution in [0.5, 0.6) is 0 Å². The molecule has 2 rings (SSSR count). The van der Waals surface area contributed by atoms with Gasteiger partial charge in [0, 0.05) is 17.2 Å². The average Bonchev–Trinajstić information content (AvgIpc) is 2.37. The van der Waals surface area contributed by atoms with Crippen molar-refractivity contribution in [3.63, 3.8) is 0 Å². The number of nitrogens with one attached hydrogen (secondary N) is 1. The summed E-state index contributed by atoms with van der Waals surface area (Å²) in [5.41, 5.74) is 2.67. The normalized spacial score (nSPS) is 12.7. The highest BCUT2D eigenvalue weighted by atomic mass is 79.9. The van der Waals surface area contributed by atoms with E-state index in [-0.39, 0.29) is 0 Å². The van der Waals surface area contributed by atoms with Gasteiger partial charge in [-0.25, -0.2) is 0 Å². The van der Waals surface area contributed by atoms with Crippen LogP contribution in [0.2, 0.25) is 0 Å². The van der Waals surface area contributed by atoms with Gasteiger partial charge in [0.05, 0.1) is 0 Å². The summed E-state index contributed by atoms with van der Waals surface area (Å²) in [6.07, 6.45) is 1.15. The van der Waals surface area contributed by atoms with Crippen molar-refractivity contribution in [1.29, 1.82) is 0 Å². The van der Waals surface area contributed by atoms with Crippen molar-refractivity contribution in [2.75, 3.05) is 12.4 Å². The molecular formula is C15H18BrN. The van der Waals surface area contributed by atoms with Crippen LogP contribution in [-0.4, -0.2) is 7.05 Å². The lowest BCUT2D eigenvalue weighted by Gasteiger charge is -2.18. The minimum absolute atomic E-state index is 0.565. The van der Waals surface area contributed by atoms with E-state index in [9.17, 15) is 0 Å². The highest BCUT2D eigenvalue weighted by Crippen LogP contribution is 2.36. The van der Waals surface area contributed by atoms with E-state index in [1.807, 2.05) is 7.05 Å². The number of anilines is 1. The fourth-order valence-corrected chi connectivity index (χ4v) is 2.79. The minimum Gasteiger partial charge on any atom is -0.388 e. The molecule has 1 unspecified atom stereocenters. The minimum atomic E-state index is 0.565. The van der Waals surface area contributed by atoms with E-state index in [1.165, 1.54) is 26.5 Å². The van der Waals surface area contributed by atoms with E-state index in [4.69, 9.17) is 0 Å². The Morgan fingerprint density at radius 3 is 2.59 bits per heavy atom. The van der Waals surface area contributed by atoms with Crippen LogP contribution in [-0.2, 0) is 0 Å². The van der Waals surface area contributed by atoms with Crippen LogP contribution in [0, 0.1) is 0 Å². The summed E-state index contributed by atoms with van der Waals surface area (Å²) in [7, 11) is 1.99. The van der Waals surface area contributed by atoms with E-state index in [0.717, 1.165) is 6.42 Å². The van der Waals surface area contributed by atoms with Gasteiger partial charge in [0.2, 0.25) is 0 Å². The Hall–Kier alpha value is -1.02. The second-order valence-corrected chi connectivity index (χ2v) is 5.28. The number of fused-ring (bicyclic) bond motifs is 1. The lowest BCUT2D eigenvalue weighted by atomic mass is 9.91. The van der Waals surface area contributed by atoms with Crippen LogP contribution >= 0.6 is 15.9 Å². The predicted octanol–water partition coefficient (Wildman–Crippen LogP) is 5.16. The smallest absolute Gasteiger partial charge is 0.0379 e. The predicted molar refractivity (Wildman–Crippen MR) is 79.9 cm³/mol. The van der Waals surface area contributed by atoms with E-state index < -0.39 is 0 Å². The first kappa shape index (κ1) is 12.4. The highest BCUT2D eigenvalue weighted by molar-refractivity contribution is 9.10. The number of benzene rings is 2. The zero-order valence-electron chi connectivity index (χ0n) is 10.5. The molecule has 0 bridgehead atoms. The molecule has 0 aliphatic heterocycles. The van der Waals surface area contributed by atoms with Gasteiger partial charge in [-0.1, -0.05) is 48.0 Å². The van der Waals surface area contributed by atoms with E-state index in [1.54, 1.807) is 0 Å². The van der Waals surface area contributed by atoms with E-state index >= 15 is 0 Å². The topological polar surface area (TPSA) is 12.0 Å². The van der Waals surface area contributed by atoms with Crippen molar-refractivity contribution in [1.82, 2.24) is 0 Å². The van der Waals surface area contributed by atoms with E-state index in [2.05, 4.69) is 65.4 Å². The van der Waals surface area contributed by atoms with Crippen LogP contribution in [0.1, 0.15) is 31.7 Å². The van der Waals surface area contributed by atoms with Gasteiger partial charge in [0.15, 0.2) is 0 Å². The Morgan fingerprint density at radius 1 is 1.18 bits per heavy atom. The maximum absolute atomic E-state index is 3.63. The van der Waals surface area contributed by atoms with Crippen molar-refractivity contribution in [3.05, 3.63) is 40.4 Å². The van der Waals surface area contributed by atoms with Gasteiger partial charge in [0.1, 0.15) is 0 Å². The van der Waals surface area contributed by atoms with Crippen molar-refractivity contribution in [3.8, 4) is 0 Å². The first-order valence-corrected chi connectivity index (χ1v) is 6.87. The Kier molecular flexibility index (Phi) is 3.72. The molecule has 0 saturated heterocycles.